The number of hydrogen-bond acceptors (Lipinski definition) is 3. The highest BCUT2D eigenvalue weighted by Crippen LogP contribution is 2.53. The van der Waals surface area contributed by atoms with E-state index in [-0.39, 0.29) is 11.4 Å². The smallest absolute Gasteiger partial charge is 0.228 e. The molecular weight excluding hydrogens is 341 g/mol. The SMILES string of the molecule is CCCCn1nnc(C#N)c1C(Cl)(Cl)C(Cl)(Cl)Cl. The fourth-order valence-electron chi connectivity index (χ4n) is 1.30. The topological polar surface area (TPSA) is 54.5 Å². The third-order valence-corrected chi connectivity index (χ3v) is 4.57. The predicted molar refractivity (Wildman–Crippen MR) is 73.3 cm³/mol. The van der Waals surface area contributed by atoms with Crippen LogP contribution in [0.5, 0.6) is 0 Å². The van der Waals surface area contributed by atoms with E-state index in [9.17, 15) is 0 Å². The zero-order chi connectivity index (χ0) is 14.0. The quantitative estimate of drug-likeness (QED) is 0.773. The molecule has 0 fully saturated rings. The molecule has 0 spiro atoms. The maximum Gasteiger partial charge on any atom is 0.228 e. The van der Waals surface area contributed by atoms with Crippen molar-refractivity contribution >= 4 is 58.0 Å². The van der Waals surface area contributed by atoms with Gasteiger partial charge in [-0.25, -0.2) is 4.68 Å². The van der Waals surface area contributed by atoms with E-state index < -0.39 is 8.13 Å². The number of hydrogen-bond donors (Lipinski definition) is 0. The summed E-state index contributed by atoms with van der Waals surface area (Å²) in [6.45, 7) is 2.49. The van der Waals surface area contributed by atoms with Gasteiger partial charge in [-0.05, 0) is 6.42 Å². The summed E-state index contributed by atoms with van der Waals surface area (Å²) in [5.41, 5.74) is 0.0456. The van der Waals surface area contributed by atoms with E-state index in [1.165, 1.54) is 4.68 Å². The Morgan fingerprint density at radius 3 is 2.33 bits per heavy atom. The predicted octanol–water partition coefficient (Wildman–Crippen LogP) is 3.95. The normalized spacial score (nSPS) is 12.5. The molecule has 1 aromatic rings. The van der Waals surface area contributed by atoms with Crippen LogP contribution < -0.4 is 0 Å². The van der Waals surface area contributed by atoms with Crippen molar-refractivity contribution in [1.29, 1.82) is 5.26 Å². The summed E-state index contributed by atoms with van der Waals surface area (Å²) < 4.78 is -2.52. The van der Waals surface area contributed by atoms with Crippen LogP contribution in [0.2, 0.25) is 0 Å². The van der Waals surface area contributed by atoms with E-state index in [2.05, 4.69) is 10.3 Å². The molecule has 100 valence electrons. The fraction of sp³-hybridized carbons (Fsp3) is 0.667. The minimum Gasteiger partial charge on any atom is -0.245 e. The number of nitriles is 1. The number of aromatic nitrogens is 3. The monoisotopic (exact) mass is 348 g/mol. The largest absolute Gasteiger partial charge is 0.245 e. The standard InChI is InChI=1S/C9H9Cl5N4/c1-2-3-4-18-7(6(5-15)16-17-18)8(10,11)9(12,13)14/h2-4H2,1H3. The number of aryl methyl sites for hydroxylation is 1. The molecule has 0 N–H and O–H groups in total. The lowest BCUT2D eigenvalue weighted by Crippen LogP contribution is -2.32. The lowest BCUT2D eigenvalue weighted by molar-refractivity contribution is 0.523. The summed E-state index contributed by atoms with van der Waals surface area (Å²) in [5.74, 6) is 0. The first kappa shape index (κ1) is 16.1. The Bertz CT molecular complexity index is 457. The van der Waals surface area contributed by atoms with Gasteiger partial charge in [0.15, 0.2) is 5.69 Å². The summed E-state index contributed by atoms with van der Waals surface area (Å²) >= 11 is 29.3. The molecule has 0 aliphatic carbocycles. The van der Waals surface area contributed by atoms with Crippen LogP contribution in [0.1, 0.15) is 31.2 Å². The van der Waals surface area contributed by atoms with Crippen molar-refractivity contribution in [2.24, 2.45) is 0 Å². The minimum atomic E-state index is -2.01. The van der Waals surface area contributed by atoms with Gasteiger partial charge < -0.3 is 0 Å². The zero-order valence-corrected chi connectivity index (χ0v) is 13.1. The highest BCUT2D eigenvalue weighted by molar-refractivity contribution is 6.75. The molecule has 0 aliphatic heterocycles. The molecule has 9 heteroatoms. The highest BCUT2D eigenvalue weighted by atomic mass is 35.6. The molecule has 0 aliphatic rings. The van der Waals surface area contributed by atoms with Crippen LogP contribution in [0.4, 0.5) is 0 Å². The Kier molecular flexibility index (Phi) is 5.40. The van der Waals surface area contributed by atoms with Gasteiger partial charge in [-0.2, -0.15) is 5.26 Å². The van der Waals surface area contributed by atoms with Crippen LogP contribution in [-0.4, -0.2) is 18.8 Å². The third kappa shape index (κ3) is 3.15. The summed E-state index contributed by atoms with van der Waals surface area (Å²) in [6.07, 6.45) is 1.73. The van der Waals surface area contributed by atoms with Gasteiger partial charge in [-0.1, -0.05) is 76.6 Å². The Balaban J connectivity index is 3.28. The molecule has 1 aromatic heterocycles. The van der Waals surface area contributed by atoms with E-state index >= 15 is 0 Å². The van der Waals surface area contributed by atoms with Crippen molar-refractivity contribution in [3.8, 4) is 6.07 Å². The molecule has 0 saturated heterocycles. The highest BCUT2D eigenvalue weighted by Gasteiger charge is 2.51. The average molecular weight is 350 g/mol. The number of alkyl halides is 5. The van der Waals surface area contributed by atoms with Crippen LogP contribution in [0.25, 0.3) is 0 Å². The van der Waals surface area contributed by atoms with Gasteiger partial charge in [-0.15, -0.1) is 5.10 Å². The van der Waals surface area contributed by atoms with Crippen molar-refractivity contribution in [1.82, 2.24) is 15.0 Å². The molecule has 0 unspecified atom stereocenters. The van der Waals surface area contributed by atoms with Gasteiger partial charge in [0.05, 0.1) is 0 Å². The lowest BCUT2D eigenvalue weighted by atomic mass is 10.2. The van der Waals surface area contributed by atoms with E-state index in [0.717, 1.165) is 12.8 Å². The van der Waals surface area contributed by atoms with E-state index in [4.69, 9.17) is 63.3 Å². The molecule has 0 atom stereocenters. The second-order valence-electron chi connectivity index (χ2n) is 3.55. The molecule has 0 saturated carbocycles. The van der Waals surface area contributed by atoms with Crippen LogP contribution in [-0.2, 0) is 10.9 Å². The van der Waals surface area contributed by atoms with Gasteiger partial charge in [0.2, 0.25) is 8.13 Å². The minimum absolute atomic E-state index is 0.0533. The first-order valence-corrected chi connectivity index (χ1v) is 6.93. The molecule has 0 bridgehead atoms. The maximum absolute atomic E-state index is 8.97. The first-order valence-electron chi connectivity index (χ1n) is 5.04. The van der Waals surface area contributed by atoms with Crippen LogP contribution >= 0.6 is 58.0 Å². The molecule has 18 heavy (non-hydrogen) atoms. The van der Waals surface area contributed by atoms with Crippen molar-refractivity contribution in [3.63, 3.8) is 0 Å². The molecule has 0 radical (unpaired) electrons. The van der Waals surface area contributed by atoms with Crippen molar-refractivity contribution in [2.45, 2.75) is 34.4 Å². The van der Waals surface area contributed by atoms with E-state index in [0.29, 0.717) is 6.54 Å². The molecule has 0 aromatic carbocycles. The Morgan fingerprint density at radius 2 is 1.89 bits per heavy atom. The number of nitrogens with zero attached hydrogens (tertiary/aromatic N) is 4. The van der Waals surface area contributed by atoms with E-state index in [1.807, 2.05) is 13.0 Å². The Labute approximate surface area is 130 Å². The number of unbranched alkanes of at least 4 members (excludes halogenated alkanes) is 1. The summed E-state index contributed by atoms with van der Waals surface area (Å²) in [5, 5.41) is 16.5. The average Bonchev–Trinajstić information content (AvgIpc) is 2.68. The van der Waals surface area contributed by atoms with Crippen molar-refractivity contribution in [2.75, 3.05) is 0 Å². The van der Waals surface area contributed by atoms with Gasteiger partial charge >= 0.3 is 0 Å². The van der Waals surface area contributed by atoms with Gasteiger partial charge in [0.25, 0.3) is 0 Å². The zero-order valence-electron chi connectivity index (χ0n) is 9.30. The fourth-order valence-corrected chi connectivity index (χ4v) is 1.94. The number of rotatable bonds is 4. The second-order valence-corrected chi connectivity index (χ2v) is 7.16. The van der Waals surface area contributed by atoms with Crippen LogP contribution in [0.3, 0.4) is 0 Å². The van der Waals surface area contributed by atoms with E-state index in [1.54, 1.807) is 0 Å². The molecule has 4 nitrogen and oxygen atoms in total. The lowest BCUT2D eigenvalue weighted by Gasteiger charge is -2.27. The Hall–Kier alpha value is 0.0800. The number of halogens is 5. The van der Waals surface area contributed by atoms with Crippen molar-refractivity contribution in [3.05, 3.63) is 11.4 Å². The molecule has 1 heterocycles. The molecule has 0 amide bonds. The Morgan fingerprint density at radius 1 is 1.28 bits per heavy atom. The summed E-state index contributed by atoms with van der Waals surface area (Å²) in [4.78, 5) is 0. The van der Waals surface area contributed by atoms with Gasteiger partial charge in [0.1, 0.15) is 11.8 Å². The first-order chi connectivity index (χ1) is 8.25. The molecule has 1 rings (SSSR count). The van der Waals surface area contributed by atoms with Crippen molar-refractivity contribution < 1.29 is 0 Å². The van der Waals surface area contributed by atoms with Crippen LogP contribution in [0, 0.1) is 11.3 Å². The van der Waals surface area contributed by atoms with Crippen LogP contribution in [0.15, 0.2) is 0 Å². The summed E-state index contributed by atoms with van der Waals surface area (Å²) in [6, 6.07) is 1.83. The van der Waals surface area contributed by atoms with Gasteiger partial charge in [0, 0.05) is 6.54 Å². The summed E-state index contributed by atoms with van der Waals surface area (Å²) in [7, 11) is 0. The third-order valence-electron chi connectivity index (χ3n) is 2.22. The maximum atomic E-state index is 8.97. The molecular formula is C9H9Cl5N4. The second kappa shape index (κ2) is 6.02. The van der Waals surface area contributed by atoms with Gasteiger partial charge in [-0.3, -0.25) is 0 Å².